The monoisotopic (exact) mass is 500 g/mol. The molecule has 1 aromatic carbocycles. The third kappa shape index (κ3) is 5.43. The SMILES string of the molecule is CN=C/C(=C\N)c1cc2c(cc1C(F)F)N(C(=N)C1=C(NC3CCOCC3)CCN(C=O)C1)CCC2. The molecule has 0 aliphatic carbocycles. The molecule has 0 saturated carbocycles. The number of nitrogens with one attached hydrogen (secondary N) is 2. The second kappa shape index (κ2) is 11.6. The van der Waals surface area contributed by atoms with E-state index >= 15 is 0 Å². The second-order valence-electron chi connectivity index (χ2n) is 9.30. The molecule has 0 spiro atoms. The number of aliphatic imine (C=N–C) groups is 1. The highest BCUT2D eigenvalue weighted by molar-refractivity contribution is 6.12. The van der Waals surface area contributed by atoms with Crippen LogP contribution in [0.2, 0.25) is 0 Å². The maximum absolute atomic E-state index is 14.2. The predicted molar refractivity (Wildman–Crippen MR) is 138 cm³/mol. The number of rotatable bonds is 7. The Labute approximate surface area is 210 Å². The van der Waals surface area contributed by atoms with E-state index in [1.807, 2.05) is 4.90 Å². The lowest BCUT2D eigenvalue weighted by Gasteiger charge is -2.37. The average molecular weight is 501 g/mol. The van der Waals surface area contributed by atoms with Gasteiger partial charge in [0.1, 0.15) is 5.84 Å². The van der Waals surface area contributed by atoms with Crippen molar-refractivity contribution in [1.29, 1.82) is 5.41 Å². The van der Waals surface area contributed by atoms with Crippen molar-refractivity contribution in [2.24, 2.45) is 10.7 Å². The van der Waals surface area contributed by atoms with Gasteiger partial charge in [0.25, 0.3) is 6.43 Å². The third-order valence-electron chi connectivity index (χ3n) is 7.04. The van der Waals surface area contributed by atoms with Gasteiger partial charge in [-0.1, -0.05) is 0 Å². The molecule has 4 N–H and O–H groups in total. The van der Waals surface area contributed by atoms with E-state index in [0.717, 1.165) is 42.5 Å². The number of hydrogen-bond donors (Lipinski definition) is 3. The van der Waals surface area contributed by atoms with Crippen LogP contribution in [0.1, 0.15) is 48.8 Å². The maximum Gasteiger partial charge on any atom is 0.264 e. The molecule has 3 heterocycles. The van der Waals surface area contributed by atoms with Gasteiger partial charge in [-0.2, -0.15) is 0 Å². The van der Waals surface area contributed by atoms with Gasteiger partial charge in [-0.05, 0) is 48.9 Å². The van der Waals surface area contributed by atoms with Crippen molar-refractivity contribution in [2.45, 2.75) is 44.6 Å². The fourth-order valence-electron chi connectivity index (χ4n) is 5.16. The molecule has 0 atom stereocenters. The van der Waals surface area contributed by atoms with Crippen LogP contribution in [-0.2, 0) is 16.0 Å². The number of carbonyl (C=O) groups is 1. The number of nitrogens with zero attached hydrogens (tertiary/aromatic N) is 3. The van der Waals surface area contributed by atoms with Gasteiger partial charge in [-0.3, -0.25) is 15.2 Å². The molecule has 1 fully saturated rings. The summed E-state index contributed by atoms with van der Waals surface area (Å²) >= 11 is 0. The first-order valence-corrected chi connectivity index (χ1v) is 12.4. The van der Waals surface area contributed by atoms with Crippen LogP contribution in [0.15, 0.2) is 34.6 Å². The molecule has 0 unspecified atom stereocenters. The number of carbonyl (C=O) groups excluding carboxylic acids is 1. The smallest absolute Gasteiger partial charge is 0.264 e. The molecule has 3 aliphatic rings. The number of alkyl halides is 2. The van der Waals surface area contributed by atoms with Crippen LogP contribution in [0.4, 0.5) is 14.5 Å². The first-order chi connectivity index (χ1) is 17.5. The fourth-order valence-corrected chi connectivity index (χ4v) is 5.16. The Morgan fingerprint density at radius 2 is 2.06 bits per heavy atom. The number of ether oxygens (including phenoxy) is 1. The van der Waals surface area contributed by atoms with E-state index in [9.17, 15) is 13.6 Å². The van der Waals surface area contributed by atoms with Crippen molar-refractivity contribution >= 4 is 29.7 Å². The van der Waals surface area contributed by atoms with E-state index in [4.69, 9.17) is 15.9 Å². The number of aryl methyl sites for hydroxylation is 1. The Kier molecular flexibility index (Phi) is 8.35. The summed E-state index contributed by atoms with van der Waals surface area (Å²) in [6.45, 7) is 2.82. The summed E-state index contributed by atoms with van der Waals surface area (Å²) in [6.07, 6.45) is 4.73. The molecule has 194 valence electrons. The topological polar surface area (TPSA) is 107 Å². The second-order valence-corrected chi connectivity index (χ2v) is 9.30. The van der Waals surface area contributed by atoms with E-state index in [-0.39, 0.29) is 17.4 Å². The summed E-state index contributed by atoms with van der Waals surface area (Å²) in [4.78, 5) is 19.0. The third-order valence-corrected chi connectivity index (χ3v) is 7.04. The molecular formula is C26H34F2N6O2. The lowest BCUT2D eigenvalue weighted by molar-refractivity contribution is -0.117. The number of anilines is 1. The Morgan fingerprint density at radius 1 is 1.28 bits per heavy atom. The molecule has 1 amide bonds. The fraction of sp³-hybridized carbons (Fsp3) is 0.500. The molecule has 1 saturated heterocycles. The summed E-state index contributed by atoms with van der Waals surface area (Å²) < 4.78 is 33.8. The zero-order valence-electron chi connectivity index (χ0n) is 20.6. The standard InChI is InChI=1S/C26H34F2N6O2/c1-31-14-18(13-29)20-11-17-3-2-7-34(24(17)12-21(20)25(27)28)26(30)22-15-33(16-35)8-4-23(22)32-19-5-9-36-10-6-19/h11-14,16,19,25,30,32H,2-10,15,29H2,1H3/b18-13+,30-26?,31-14?. The molecule has 0 radical (unpaired) electrons. The number of amidine groups is 1. The average Bonchev–Trinajstić information content (AvgIpc) is 2.91. The Morgan fingerprint density at radius 3 is 2.72 bits per heavy atom. The number of hydrogen-bond acceptors (Lipinski definition) is 6. The lowest BCUT2D eigenvalue weighted by Crippen LogP contribution is -2.45. The first-order valence-electron chi connectivity index (χ1n) is 12.4. The molecule has 0 aromatic heterocycles. The number of fused-ring (bicyclic) bond motifs is 1. The van der Waals surface area contributed by atoms with Crippen LogP contribution >= 0.6 is 0 Å². The van der Waals surface area contributed by atoms with Gasteiger partial charge in [0, 0.05) is 86.3 Å². The molecule has 10 heteroatoms. The normalized spacial score (nSPS) is 19.7. The lowest BCUT2D eigenvalue weighted by atomic mass is 9.91. The number of nitrogens with two attached hydrogens (primary N) is 1. The van der Waals surface area contributed by atoms with Crippen LogP contribution in [0.5, 0.6) is 0 Å². The summed E-state index contributed by atoms with van der Waals surface area (Å²) in [5.74, 6) is 0.245. The Balaban J connectivity index is 1.72. The Hall–Kier alpha value is -3.27. The first kappa shape index (κ1) is 25.8. The van der Waals surface area contributed by atoms with Crippen molar-refractivity contribution in [2.75, 3.05) is 44.8 Å². The molecule has 36 heavy (non-hydrogen) atoms. The van der Waals surface area contributed by atoms with E-state index in [0.29, 0.717) is 62.5 Å². The van der Waals surface area contributed by atoms with Gasteiger partial charge in [0.2, 0.25) is 6.41 Å². The number of halogens is 2. The maximum atomic E-state index is 14.2. The van der Waals surface area contributed by atoms with Crippen molar-refractivity contribution in [3.63, 3.8) is 0 Å². The minimum atomic E-state index is -2.71. The van der Waals surface area contributed by atoms with Crippen LogP contribution in [-0.4, -0.2) is 69.3 Å². The van der Waals surface area contributed by atoms with Crippen LogP contribution in [0.3, 0.4) is 0 Å². The molecular weight excluding hydrogens is 466 g/mol. The van der Waals surface area contributed by atoms with Gasteiger partial charge < -0.3 is 25.6 Å². The van der Waals surface area contributed by atoms with E-state index < -0.39 is 6.43 Å². The highest BCUT2D eigenvalue weighted by Crippen LogP contribution is 2.37. The molecule has 4 rings (SSSR count). The summed E-state index contributed by atoms with van der Waals surface area (Å²) in [6, 6.07) is 3.50. The zero-order chi connectivity index (χ0) is 25.7. The van der Waals surface area contributed by atoms with E-state index in [2.05, 4.69) is 10.3 Å². The number of amides is 1. The minimum absolute atomic E-state index is 0.141. The molecule has 1 aromatic rings. The van der Waals surface area contributed by atoms with Crippen molar-refractivity contribution < 1.29 is 18.3 Å². The van der Waals surface area contributed by atoms with Crippen molar-refractivity contribution in [1.82, 2.24) is 10.2 Å². The van der Waals surface area contributed by atoms with Gasteiger partial charge >= 0.3 is 0 Å². The molecule has 8 nitrogen and oxygen atoms in total. The summed E-state index contributed by atoms with van der Waals surface area (Å²) in [7, 11) is 1.57. The van der Waals surface area contributed by atoms with Crippen LogP contribution in [0.25, 0.3) is 5.57 Å². The minimum Gasteiger partial charge on any atom is -0.404 e. The van der Waals surface area contributed by atoms with Gasteiger partial charge in [-0.15, -0.1) is 0 Å². The van der Waals surface area contributed by atoms with Crippen LogP contribution in [0, 0.1) is 5.41 Å². The van der Waals surface area contributed by atoms with Gasteiger partial charge in [0.15, 0.2) is 0 Å². The van der Waals surface area contributed by atoms with E-state index in [1.54, 1.807) is 18.0 Å². The van der Waals surface area contributed by atoms with Crippen molar-refractivity contribution in [3.8, 4) is 0 Å². The van der Waals surface area contributed by atoms with Crippen molar-refractivity contribution in [3.05, 3.63) is 46.3 Å². The number of allylic oxidation sites excluding steroid dienone is 1. The largest absolute Gasteiger partial charge is 0.404 e. The highest BCUT2D eigenvalue weighted by Gasteiger charge is 2.30. The van der Waals surface area contributed by atoms with Gasteiger partial charge in [-0.25, -0.2) is 8.78 Å². The zero-order valence-corrected chi connectivity index (χ0v) is 20.6. The molecule has 3 aliphatic heterocycles. The van der Waals surface area contributed by atoms with Gasteiger partial charge in [0.05, 0.1) is 6.54 Å². The Bertz CT molecular complexity index is 1080. The summed E-state index contributed by atoms with van der Waals surface area (Å²) in [5, 5.41) is 12.8. The van der Waals surface area contributed by atoms with Crippen LogP contribution < -0.4 is 16.0 Å². The number of benzene rings is 1. The molecule has 0 bridgehead atoms. The summed E-state index contributed by atoms with van der Waals surface area (Å²) in [5.41, 5.74) is 9.56. The quantitative estimate of drug-likeness (QED) is 0.303. The highest BCUT2D eigenvalue weighted by atomic mass is 19.3. The predicted octanol–water partition coefficient (Wildman–Crippen LogP) is 3.24. The van der Waals surface area contributed by atoms with E-state index in [1.165, 1.54) is 18.5 Å².